The molecule has 0 atom stereocenters. The first-order valence-corrected chi connectivity index (χ1v) is 9.09. The molecule has 1 aromatic carbocycles. The Bertz CT molecular complexity index is 477. The van der Waals surface area contributed by atoms with Gasteiger partial charge in [-0.2, -0.15) is 0 Å². The summed E-state index contributed by atoms with van der Waals surface area (Å²) >= 11 is 0. The van der Waals surface area contributed by atoms with E-state index in [0.717, 1.165) is 39.3 Å². The van der Waals surface area contributed by atoms with Crippen LogP contribution >= 0.6 is 0 Å². The Labute approximate surface area is 139 Å². The molecule has 4 heteroatoms. The van der Waals surface area contributed by atoms with Gasteiger partial charge in [0, 0.05) is 51.7 Å². The van der Waals surface area contributed by atoms with Crippen LogP contribution in [-0.4, -0.2) is 54.5 Å². The number of carbonyl (C=O) groups is 1. The van der Waals surface area contributed by atoms with Crippen LogP contribution in [0, 0.1) is 0 Å². The van der Waals surface area contributed by atoms with Gasteiger partial charge in [-0.05, 0) is 18.4 Å². The molecule has 0 spiro atoms. The molecule has 23 heavy (non-hydrogen) atoms. The van der Waals surface area contributed by atoms with Crippen LogP contribution in [0.15, 0.2) is 30.3 Å². The SMILES string of the molecule is O=C(CCNC1CCCC1)N1CCN(Cc2ccccc2)CC1. The molecule has 126 valence electrons. The lowest BCUT2D eigenvalue weighted by Gasteiger charge is -2.35. The third-order valence-corrected chi connectivity index (χ3v) is 5.10. The molecule has 0 radical (unpaired) electrons. The standard InChI is InChI=1S/C19H29N3O/c23-19(10-11-20-18-8-4-5-9-18)22-14-12-21(13-15-22)16-17-6-2-1-3-7-17/h1-3,6-7,18,20H,4-5,8-16H2. The molecule has 1 heterocycles. The van der Waals surface area contributed by atoms with Gasteiger partial charge >= 0.3 is 0 Å². The summed E-state index contributed by atoms with van der Waals surface area (Å²) in [5.41, 5.74) is 1.35. The molecule has 1 saturated carbocycles. The summed E-state index contributed by atoms with van der Waals surface area (Å²) in [6.45, 7) is 5.54. The fourth-order valence-corrected chi connectivity index (χ4v) is 3.67. The van der Waals surface area contributed by atoms with E-state index in [0.29, 0.717) is 18.4 Å². The number of amides is 1. The van der Waals surface area contributed by atoms with Crippen LogP contribution in [0.2, 0.25) is 0 Å². The number of hydrogen-bond acceptors (Lipinski definition) is 3. The highest BCUT2D eigenvalue weighted by Crippen LogP contribution is 2.17. The second-order valence-corrected chi connectivity index (χ2v) is 6.83. The topological polar surface area (TPSA) is 35.6 Å². The molecule has 1 aliphatic carbocycles. The van der Waals surface area contributed by atoms with Crippen molar-refractivity contribution < 1.29 is 4.79 Å². The zero-order valence-corrected chi connectivity index (χ0v) is 14.0. The number of carbonyl (C=O) groups excluding carboxylic acids is 1. The lowest BCUT2D eigenvalue weighted by atomic mass is 10.2. The van der Waals surface area contributed by atoms with Gasteiger partial charge in [0.25, 0.3) is 0 Å². The average molecular weight is 315 g/mol. The lowest BCUT2D eigenvalue weighted by Crippen LogP contribution is -2.48. The first kappa shape index (κ1) is 16.5. The molecule has 1 N–H and O–H groups in total. The zero-order valence-electron chi connectivity index (χ0n) is 14.0. The van der Waals surface area contributed by atoms with Crippen molar-refractivity contribution in [3.05, 3.63) is 35.9 Å². The Balaban J connectivity index is 1.34. The fourth-order valence-electron chi connectivity index (χ4n) is 3.67. The summed E-state index contributed by atoms with van der Waals surface area (Å²) in [4.78, 5) is 16.8. The van der Waals surface area contributed by atoms with E-state index in [-0.39, 0.29) is 0 Å². The molecule has 4 nitrogen and oxygen atoms in total. The van der Waals surface area contributed by atoms with E-state index in [9.17, 15) is 4.79 Å². The van der Waals surface area contributed by atoms with Crippen molar-refractivity contribution in [2.24, 2.45) is 0 Å². The normalized spacial score (nSPS) is 20.1. The van der Waals surface area contributed by atoms with E-state index in [4.69, 9.17) is 0 Å². The highest BCUT2D eigenvalue weighted by atomic mass is 16.2. The summed E-state index contributed by atoms with van der Waals surface area (Å²) in [7, 11) is 0. The molecule has 1 aliphatic heterocycles. The van der Waals surface area contributed by atoms with Crippen LogP contribution in [0.25, 0.3) is 0 Å². The predicted molar refractivity (Wildman–Crippen MR) is 93.2 cm³/mol. The van der Waals surface area contributed by atoms with Gasteiger partial charge in [0.1, 0.15) is 0 Å². The van der Waals surface area contributed by atoms with Crippen molar-refractivity contribution >= 4 is 5.91 Å². The molecule has 0 bridgehead atoms. The van der Waals surface area contributed by atoms with Crippen molar-refractivity contribution in [3.63, 3.8) is 0 Å². The molecule has 1 saturated heterocycles. The van der Waals surface area contributed by atoms with E-state index < -0.39 is 0 Å². The van der Waals surface area contributed by atoms with E-state index in [2.05, 4.69) is 40.5 Å². The predicted octanol–water partition coefficient (Wildman–Crippen LogP) is 2.25. The number of piperazine rings is 1. The minimum absolute atomic E-state index is 0.315. The van der Waals surface area contributed by atoms with Crippen LogP contribution < -0.4 is 5.32 Å². The maximum atomic E-state index is 12.3. The Hall–Kier alpha value is -1.39. The molecular formula is C19H29N3O. The second-order valence-electron chi connectivity index (χ2n) is 6.83. The number of hydrogen-bond donors (Lipinski definition) is 1. The van der Waals surface area contributed by atoms with Gasteiger partial charge < -0.3 is 10.2 Å². The second kappa shape index (κ2) is 8.46. The molecule has 2 fully saturated rings. The molecule has 0 aromatic heterocycles. The van der Waals surface area contributed by atoms with Gasteiger partial charge in [-0.25, -0.2) is 0 Å². The Morgan fingerprint density at radius 3 is 2.43 bits per heavy atom. The van der Waals surface area contributed by atoms with Gasteiger partial charge in [0.15, 0.2) is 0 Å². The maximum Gasteiger partial charge on any atom is 0.223 e. The first-order chi connectivity index (χ1) is 11.3. The minimum Gasteiger partial charge on any atom is -0.340 e. The van der Waals surface area contributed by atoms with Crippen LogP contribution in [0.1, 0.15) is 37.7 Å². The van der Waals surface area contributed by atoms with Gasteiger partial charge in [-0.3, -0.25) is 9.69 Å². The third-order valence-electron chi connectivity index (χ3n) is 5.10. The first-order valence-electron chi connectivity index (χ1n) is 9.09. The van der Waals surface area contributed by atoms with Gasteiger partial charge in [0.2, 0.25) is 5.91 Å². The lowest BCUT2D eigenvalue weighted by molar-refractivity contribution is -0.132. The van der Waals surface area contributed by atoms with Gasteiger partial charge in [-0.15, -0.1) is 0 Å². The molecule has 0 unspecified atom stereocenters. The van der Waals surface area contributed by atoms with E-state index in [1.54, 1.807) is 0 Å². The fraction of sp³-hybridized carbons (Fsp3) is 0.632. The minimum atomic E-state index is 0.315. The summed E-state index contributed by atoms with van der Waals surface area (Å²) in [5.74, 6) is 0.315. The smallest absolute Gasteiger partial charge is 0.223 e. The zero-order chi connectivity index (χ0) is 15.9. The molecule has 1 aromatic rings. The molecule has 2 aliphatic rings. The van der Waals surface area contributed by atoms with Gasteiger partial charge in [0.05, 0.1) is 0 Å². The molecular weight excluding hydrogens is 286 g/mol. The Morgan fingerprint density at radius 1 is 1.04 bits per heavy atom. The third kappa shape index (κ3) is 5.05. The van der Waals surface area contributed by atoms with Crippen molar-refractivity contribution in [2.75, 3.05) is 32.7 Å². The number of rotatable bonds is 6. The molecule has 1 amide bonds. The largest absolute Gasteiger partial charge is 0.340 e. The van der Waals surface area contributed by atoms with Crippen molar-refractivity contribution in [1.29, 1.82) is 0 Å². The number of nitrogens with zero attached hydrogens (tertiary/aromatic N) is 2. The quantitative estimate of drug-likeness (QED) is 0.874. The van der Waals surface area contributed by atoms with E-state index in [1.165, 1.54) is 31.2 Å². The number of nitrogens with one attached hydrogen (secondary N) is 1. The van der Waals surface area contributed by atoms with E-state index >= 15 is 0 Å². The van der Waals surface area contributed by atoms with Crippen molar-refractivity contribution in [1.82, 2.24) is 15.1 Å². The van der Waals surface area contributed by atoms with Crippen LogP contribution in [0.5, 0.6) is 0 Å². The van der Waals surface area contributed by atoms with Crippen LogP contribution in [0.3, 0.4) is 0 Å². The Kier molecular flexibility index (Phi) is 6.06. The Morgan fingerprint density at radius 2 is 1.74 bits per heavy atom. The summed E-state index contributed by atoms with van der Waals surface area (Å²) < 4.78 is 0. The van der Waals surface area contributed by atoms with Crippen molar-refractivity contribution in [3.8, 4) is 0 Å². The average Bonchev–Trinajstić information content (AvgIpc) is 3.10. The van der Waals surface area contributed by atoms with Gasteiger partial charge in [-0.1, -0.05) is 43.2 Å². The van der Waals surface area contributed by atoms with Crippen LogP contribution in [0.4, 0.5) is 0 Å². The highest BCUT2D eigenvalue weighted by Gasteiger charge is 2.21. The van der Waals surface area contributed by atoms with Crippen LogP contribution in [-0.2, 0) is 11.3 Å². The maximum absolute atomic E-state index is 12.3. The van der Waals surface area contributed by atoms with E-state index in [1.807, 2.05) is 4.90 Å². The monoisotopic (exact) mass is 315 g/mol. The summed E-state index contributed by atoms with van der Waals surface area (Å²) in [6, 6.07) is 11.2. The highest BCUT2D eigenvalue weighted by molar-refractivity contribution is 5.76. The number of benzene rings is 1. The van der Waals surface area contributed by atoms with Crippen molar-refractivity contribution in [2.45, 2.75) is 44.7 Å². The summed E-state index contributed by atoms with van der Waals surface area (Å²) in [6.07, 6.45) is 5.90. The summed E-state index contributed by atoms with van der Waals surface area (Å²) in [5, 5.41) is 3.54. The molecule has 3 rings (SSSR count).